The van der Waals surface area contributed by atoms with Crippen LogP contribution >= 0.6 is 11.8 Å². The number of phenolic OH excluding ortho intramolecular Hbond substituents is 1. The van der Waals surface area contributed by atoms with Crippen LogP contribution < -0.4 is 11.3 Å². The Bertz CT molecular complexity index is 630. The molecule has 4 nitrogen and oxygen atoms in total. The van der Waals surface area contributed by atoms with Crippen LogP contribution in [0.3, 0.4) is 0 Å². The third-order valence-electron chi connectivity index (χ3n) is 3.43. The van der Waals surface area contributed by atoms with Crippen molar-refractivity contribution < 1.29 is 9.90 Å². The lowest BCUT2D eigenvalue weighted by atomic mass is 10.1. The van der Waals surface area contributed by atoms with Crippen molar-refractivity contribution in [3.05, 3.63) is 36.4 Å². The minimum absolute atomic E-state index is 0.0755. The molecule has 2 aromatic carbocycles. The Morgan fingerprint density at radius 1 is 1.20 bits per heavy atom. The predicted octanol–water partition coefficient (Wildman–Crippen LogP) is 2.65. The van der Waals surface area contributed by atoms with Crippen LogP contribution in [0.15, 0.2) is 41.3 Å². The van der Waals surface area contributed by atoms with Crippen LogP contribution in [0, 0.1) is 5.92 Å². The lowest BCUT2D eigenvalue weighted by Crippen LogP contribution is -2.38. The number of benzene rings is 2. The van der Waals surface area contributed by atoms with Gasteiger partial charge in [0.05, 0.1) is 0 Å². The monoisotopic (exact) mass is 290 g/mol. The van der Waals surface area contributed by atoms with Crippen molar-refractivity contribution in [2.45, 2.75) is 24.0 Å². The average Bonchev–Trinajstić information content (AvgIpc) is 2.48. The smallest absolute Gasteiger partial charge is 0.237 e. The Morgan fingerprint density at radius 3 is 2.50 bits per heavy atom. The van der Waals surface area contributed by atoms with Gasteiger partial charge in [0.15, 0.2) is 0 Å². The maximum Gasteiger partial charge on any atom is 0.237 e. The summed E-state index contributed by atoms with van der Waals surface area (Å²) in [7, 11) is 0. The highest BCUT2D eigenvalue weighted by molar-refractivity contribution is 8.00. The van der Waals surface area contributed by atoms with Crippen molar-refractivity contribution in [1.29, 1.82) is 0 Å². The lowest BCUT2D eigenvalue weighted by molar-refractivity contribution is -0.124. The second-order valence-electron chi connectivity index (χ2n) is 4.75. The standard InChI is InChI=1S/C15H18N2O2S/c1-9(15(19)17-16)10(2)20-14-8-7-13(18)11-5-3-4-6-12(11)14/h3-10,18H,16H2,1-2H3,(H,17,19). The number of hydrogen-bond acceptors (Lipinski definition) is 4. The molecule has 4 N–H and O–H groups in total. The highest BCUT2D eigenvalue weighted by Crippen LogP contribution is 2.36. The fourth-order valence-corrected chi connectivity index (χ4v) is 3.19. The van der Waals surface area contributed by atoms with Crippen LogP contribution in [0.25, 0.3) is 10.8 Å². The van der Waals surface area contributed by atoms with E-state index in [0.717, 1.165) is 15.7 Å². The zero-order valence-electron chi connectivity index (χ0n) is 11.5. The largest absolute Gasteiger partial charge is 0.507 e. The van der Waals surface area contributed by atoms with Crippen LogP contribution in [0.5, 0.6) is 5.75 Å². The highest BCUT2D eigenvalue weighted by atomic mass is 32.2. The Kier molecular flexibility index (Phi) is 4.52. The van der Waals surface area contributed by atoms with Crippen LogP contribution in [0.4, 0.5) is 0 Å². The van der Waals surface area contributed by atoms with E-state index in [0.29, 0.717) is 0 Å². The Balaban J connectivity index is 2.30. The van der Waals surface area contributed by atoms with Gasteiger partial charge in [0, 0.05) is 21.4 Å². The average molecular weight is 290 g/mol. The number of fused-ring (bicyclic) bond motifs is 1. The molecule has 0 aliphatic heterocycles. The maximum atomic E-state index is 11.6. The summed E-state index contributed by atoms with van der Waals surface area (Å²) in [5.41, 5.74) is 2.19. The van der Waals surface area contributed by atoms with Gasteiger partial charge in [0.1, 0.15) is 5.75 Å². The molecule has 0 aromatic heterocycles. The first-order chi connectivity index (χ1) is 9.54. The molecular weight excluding hydrogens is 272 g/mol. The van der Waals surface area contributed by atoms with E-state index in [1.165, 1.54) is 0 Å². The number of amides is 1. The molecular formula is C15H18N2O2S. The number of hydrazine groups is 1. The van der Waals surface area contributed by atoms with Crippen molar-refractivity contribution in [3.63, 3.8) is 0 Å². The summed E-state index contributed by atoms with van der Waals surface area (Å²) in [5.74, 6) is 5.07. The number of thioether (sulfide) groups is 1. The molecule has 0 aliphatic carbocycles. The quantitative estimate of drug-likeness (QED) is 0.350. The SMILES string of the molecule is CC(Sc1ccc(O)c2ccccc12)C(C)C(=O)NN. The van der Waals surface area contributed by atoms with Crippen LogP contribution in [0.2, 0.25) is 0 Å². The summed E-state index contributed by atoms with van der Waals surface area (Å²) in [4.78, 5) is 12.6. The first-order valence-electron chi connectivity index (χ1n) is 6.42. The Morgan fingerprint density at radius 2 is 1.85 bits per heavy atom. The van der Waals surface area contributed by atoms with Crippen molar-refractivity contribution in [3.8, 4) is 5.75 Å². The van der Waals surface area contributed by atoms with E-state index in [1.807, 2.05) is 44.2 Å². The molecule has 0 bridgehead atoms. The maximum absolute atomic E-state index is 11.6. The van der Waals surface area contributed by atoms with E-state index in [1.54, 1.807) is 17.8 Å². The lowest BCUT2D eigenvalue weighted by Gasteiger charge is -2.19. The van der Waals surface area contributed by atoms with E-state index < -0.39 is 0 Å². The molecule has 0 fully saturated rings. The molecule has 5 heteroatoms. The van der Waals surface area contributed by atoms with Crippen molar-refractivity contribution in [1.82, 2.24) is 5.43 Å². The minimum Gasteiger partial charge on any atom is -0.507 e. The van der Waals surface area contributed by atoms with Crippen LogP contribution in [0.1, 0.15) is 13.8 Å². The van der Waals surface area contributed by atoms with Gasteiger partial charge in [0.25, 0.3) is 0 Å². The fraction of sp³-hybridized carbons (Fsp3) is 0.267. The number of rotatable bonds is 4. The molecule has 20 heavy (non-hydrogen) atoms. The summed E-state index contributed by atoms with van der Waals surface area (Å²) < 4.78 is 0. The summed E-state index contributed by atoms with van der Waals surface area (Å²) >= 11 is 1.61. The summed E-state index contributed by atoms with van der Waals surface area (Å²) in [6, 6.07) is 11.3. The molecule has 0 aliphatic rings. The van der Waals surface area contributed by atoms with Crippen LogP contribution in [-0.2, 0) is 4.79 Å². The van der Waals surface area contributed by atoms with Gasteiger partial charge in [-0.15, -0.1) is 11.8 Å². The molecule has 1 amide bonds. The van der Waals surface area contributed by atoms with E-state index in [9.17, 15) is 9.90 Å². The number of nitrogens with two attached hydrogens (primary N) is 1. The van der Waals surface area contributed by atoms with Gasteiger partial charge in [-0.2, -0.15) is 0 Å². The minimum atomic E-state index is -0.197. The fourth-order valence-electron chi connectivity index (χ4n) is 2.01. The Hall–Kier alpha value is -1.72. The second-order valence-corrected chi connectivity index (χ2v) is 6.17. The van der Waals surface area contributed by atoms with Gasteiger partial charge in [0.2, 0.25) is 5.91 Å². The topological polar surface area (TPSA) is 75.3 Å². The number of aromatic hydroxyl groups is 1. The summed E-state index contributed by atoms with van der Waals surface area (Å²) in [6.07, 6.45) is 0. The first-order valence-corrected chi connectivity index (χ1v) is 7.30. The third-order valence-corrected chi connectivity index (χ3v) is 4.82. The van der Waals surface area contributed by atoms with Gasteiger partial charge in [-0.05, 0) is 17.5 Å². The van der Waals surface area contributed by atoms with Gasteiger partial charge in [-0.25, -0.2) is 5.84 Å². The number of nitrogens with one attached hydrogen (secondary N) is 1. The molecule has 106 valence electrons. The van der Waals surface area contributed by atoms with E-state index in [2.05, 4.69) is 5.43 Å². The highest BCUT2D eigenvalue weighted by Gasteiger charge is 2.21. The zero-order chi connectivity index (χ0) is 14.7. The second kappa shape index (κ2) is 6.15. The molecule has 2 aromatic rings. The first kappa shape index (κ1) is 14.7. The Labute approximate surface area is 122 Å². The molecule has 0 spiro atoms. The number of hydrogen-bond donors (Lipinski definition) is 3. The van der Waals surface area contributed by atoms with E-state index in [4.69, 9.17) is 5.84 Å². The van der Waals surface area contributed by atoms with E-state index >= 15 is 0 Å². The summed E-state index contributed by atoms with van der Waals surface area (Å²) in [6.45, 7) is 3.84. The van der Waals surface area contributed by atoms with Crippen molar-refractivity contribution in [2.24, 2.45) is 11.8 Å². The molecule has 2 unspecified atom stereocenters. The number of carbonyl (C=O) groups is 1. The normalized spacial score (nSPS) is 13.9. The molecule has 0 heterocycles. The molecule has 2 rings (SSSR count). The third kappa shape index (κ3) is 2.89. The van der Waals surface area contributed by atoms with Gasteiger partial charge >= 0.3 is 0 Å². The van der Waals surface area contributed by atoms with Gasteiger partial charge in [-0.3, -0.25) is 10.2 Å². The molecule has 0 saturated heterocycles. The molecule has 0 saturated carbocycles. The number of carbonyl (C=O) groups excluding carboxylic acids is 1. The van der Waals surface area contributed by atoms with Crippen molar-refractivity contribution in [2.75, 3.05) is 0 Å². The molecule has 2 atom stereocenters. The zero-order valence-corrected chi connectivity index (χ0v) is 12.3. The van der Waals surface area contributed by atoms with E-state index in [-0.39, 0.29) is 22.8 Å². The van der Waals surface area contributed by atoms with Gasteiger partial charge in [-0.1, -0.05) is 38.1 Å². The van der Waals surface area contributed by atoms with Gasteiger partial charge < -0.3 is 5.11 Å². The summed E-state index contributed by atoms with van der Waals surface area (Å²) in [5, 5.41) is 11.8. The molecule has 0 radical (unpaired) electrons. The van der Waals surface area contributed by atoms with Crippen molar-refractivity contribution >= 4 is 28.4 Å². The predicted molar refractivity (Wildman–Crippen MR) is 82.4 cm³/mol. The van der Waals surface area contributed by atoms with Crippen LogP contribution in [-0.4, -0.2) is 16.3 Å². The number of phenols is 1.